The molecule has 0 heterocycles. The van der Waals surface area contributed by atoms with Gasteiger partial charge in [-0.15, -0.1) is 11.8 Å². The molecule has 23 heavy (non-hydrogen) atoms. The molecular formula is C19H15ClN2S. The zero-order valence-electron chi connectivity index (χ0n) is 12.9. The number of aryl methyl sites for hydroxylation is 2. The van der Waals surface area contributed by atoms with Crippen molar-refractivity contribution in [3.05, 3.63) is 69.2 Å². The van der Waals surface area contributed by atoms with Crippen molar-refractivity contribution in [1.29, 1.82) is 10.5 Å². The van der Waals surface area contributed by atoms with Gasteiger partial charge in [0.2, 0.25) is 0 Å². The van der Waals surface area contributed by atoms with Crippen LogP contribution in [-0.2, 0) is 5.75 Å². The van der Waals surface area contributed by atoms with Crippen molar-refractivity contribution in [3.8, 4) is 12.1 Å². The van der Waals surface area contributed by atoms with Crippen LogP contribution in [0.2, 0.25) is 5.02 Å². The molecule has 0 aliphatic rings. The molecule has 0 aliphatic heterocycles. The number of halogens is 1. The highest BCUT2D eigenvalue weighted by Crippen LogP contribution is 2.27. The molecule has 2 rings (SSSR count). The molecule has 0 amide bonds. The smallest absolute Gasteiger partial charge is 0.130 e. The molecule has 0 atom stereocenters. The van der Waals surface area contributed by atoms with E-state index in [-0.39, 0.29) is 5.57 Å². The van der Waals surface area contributed by atoms with Gasteiger partial charge in [-0.1, -0.05) is 23.7 Å². The van der Waals surface area contributed by atoms with E-state index in [1.165, 1.54) is 11.1 Å². The Morgan fingerprint density at radius 2 is 1.74 bits per heavy atom. The van der Waals surface area contributed by atoms with Crippen LogP contribution < -0.4 is 0 Å². The number of nitrogens with zero attached hydrogens (tertiary/aromatic N) is 2. The monoisotopic (exact) mass is 338 g/mol. The number of benzene rings is 2. The highest BCUT2D eigenvalue weighted by molar-refractivity contribution is 7.98. The van der Waals surface area contributed by atoms with E-state index >= 15 is 0 Å². The molecule has 0 fully saturated rings. The lowest BCUT2D eigenvalue weighted by Gasteiger charge is -2.10. The van der Waals surface area contributed by atoms with Crippen LogP contribution in [0.1, 0.15) is 22.3 Å². The third-order valence-electron chi connectivity index (χ3n) is 3.47. The van der Waals surface area contributed by atoms with Crippen molar-refractivity contribution in [2.24, 2.45) is 0 Å². The summed E-state index contributed by atoms with van der Waals surface area (Å²) in [6, 6.07) is 15.7. The van der Waals surface area contributed by atoms with Crippen LogP contribution in [0.4, 0.5) is 0 Å². The Morgan fingerprint density at radius 3 is 2.35 bits per heavy atom. The Kier molecular flexibility index (Phi) is 5.88. The van der Waals surface area contributed by atoms with Crippen LogP contribution in [0.3, 0.4) is 0 Å². The summed E-state index contributed by atoms with van der Waals surface area (Å²) < 4.78 is 0. The fourth-order valence-corrected chi connectivity index (χ4v) is 3.25. The first-order valence-electron chi connectivity index (χ1n) is 7.04. The Morgan fingerprint density at radius 1 is 1.09 bits per heavy atom. The molecule has 0 unspecified atom stereocenters. The molecule has 0 bridgehead atoms. The fourth-order valence-electron chi connectivity index (χ4n) is 2.16. The van der Waals surface area contributed by atoms with Gasteiger partial charge in [0.25, 0.3) is 0 Å². The van der Waals surface area contributed by atoms with E-state index in [0.717, 1.165) is 26.8 Å². The van der Waals surface area contributed by atoms with Crippen LogP contribution in [0, 0.1) is 36.5 Å². The fraction of sp³-hybridized carbons (Fsp3) is 0.158. The molecule has 0 radical (unpaired) electrons. The average molecular weight is 339 g/mol. The van der Waals surface area contributed by atoms with Crippen molar-refractivity contribution in [3.63, 3.8) is 0 Å². The van der Waals surface area contributed by atoms with Crippen LogP contribution in [0.25, 0.3) is 6.08 Å². The van der Waals surface area contributed by atoms with Crippen LogP contribution in [0.15, 0.2) is 46.9 Å². The van der Waals surface area contributed by atoms with E-state index in [2.05, 4.69) is 19.1 Å². The minimum absolute atomic E-state index is 0.119. The zero-order chi connectivity index (χ0) is 16.8. The molecule has 2 nitrogen and oxygen atoms in total. The Hall–Kier alpha value is -2.20. The lowest BCUT2D eigenvalue weighted by molar-refractivity contribution is 1.26. The number of thioether (sulfide) groups is 1. The van der Waals surface area contributed by atoms with Gasteiger partial charge >= 0.3 is 0 Å². The van der Waals surface area contributed by atoms with E-state index in [0.29, 0.717) is 0 Å². The normalized spacial score (nSPS) is 9.78. The quantitative estimate of drug-likeness (QED) is 0.532. The summed E-state index contributed by atoms with van der Waals surface area (Å²) in [6.07, 6.45) is 1.64. The topological polar surface area (TPSA) is 47.6 Å². The van der Waals surface area contributed by atoms with Gasteiger partial charge in [-0.05, 0) is 66.4 Å². The Bertz CT molecular complexity index is 808. The summed E-state index contributed by atoms with van der Waals surface area (Å²) in [4.78, 5) is 1.15. The van der Waals surface area contributed by atoms with E-state index in [1.54, 1.807) is 17.8 Å². The SMILES string of the molecule is Cc1cc(C)c(CSc2ccc(Cl)cc2)cc1C=C(C#N)C#N. The van der Waals surface area contributed by atoms with Gasteiger partial charge in [0.15, 0.2) is 0 Å². The average Bonchev–Trinajstić information content (AvgIpc) is 2.54. The van der Waals surface area contributed by atoms with Gasteiger partial charge < -0.3 is 0 Å². The number of nitriles is 2. The van der Waals surface area contributed by atoms with Crippen LogP contribution in [0.5, 0.6) is 0 Å². The first kappa shape index (κ1) is 17.2. The molecule has 0 N–H and O–H groups in total. The highest BCUT2D eigenvalue weighted by Gasteiger charge is 2.06. The minimum Gasteiger partial charge on any atom is -0.192 e. The maximum absolute atomic E-state index is 8.92. The molecule has 0 saturated heterocycles. The van der Waals surface area contributed by atoms with E-state index in [1.807, 2.05) is 43.3 Å². The highest BCUT2D eigenvalue weighted by atomic mass is 35.5. The van der Waals surface area contributed by atoms with Crippen molar-refractivity contribution in [2.75, 3.05) is 0 Å². The van der Waals surface area contributed by atoms with Crippen molar-refractivity contribution >= 4 is 29.4 Å². The van der Waals surface area contributed by atoms with Gasteiger partial charge in [-0.2, -0.15) is 10.5 Å². The largest absolute Gasteiger partial charge is 0.192 e. The first-order valence-corrected chi connectivity index (χ1v) is 8.40. The predicted octanol–water partition coefficient (Wildman–Crippen LogP) is 5.68. The second-order valence-electron chi connectivity index (χ2n) is 5.16. The third kappa shape index (κ3) is 4.63. The minimum atomic E-state index is 0.119. The second kappa shape index (κ2) is 7.88. The summed E-state index contributed by atoms with van der Waals surface area (Å²) in [7, 11) is 0. The van der Waals surface area contributed by atoms with Gasteiger partial charge in [-0.25, -0.2) is 0 Å². The number of allylic oxidation sites excluding steroid dienone is 1. The van der Waals surface area contributed by atoms with Crippen molar-refractivity contribution in [1.82, 2.24) is 0 Å². The summed E-state index contributed by atoms with van der Waals surface area (Å²) in [5.74, 6) is 0.822. The number of hydrogen-bond donors (Lipinski definition) is 0. The molecule has 0 aromatic heterocycles. The van der Waals surface area contributed by atoms with E-state index in [9.17, 15) is 0 Å². The molecule has 2 aromatic carbocycles. The zero-order valence-corrected chi connectivity index (χ0v) is 14.5. The lowest BCUT2D eigenvalue weighted by Crippen LogP contribution is -1.92. The van der Waals surface area contributed by atoms with Gasteiger partial charge in [0.1, 0.15) is 17.7 Å². The number of rotatable bonds is 4. The maximum atomic E-state index is 8.92. The molecular weight excluding hydrogens is 324 g/mol. The van der Waals surface area contributed by atoms with Gasteiger partial charge in [0, 0.05) is 15.7 Å². The summed E-state index contributed by atoms with van der Waals surface area (Å²) in [5.41, 5.74) is 4.49. The molecule has 4 heteroatoms. The van der Waals surface area contributed by atoms with Crippen LogP contribution >= 0.6 is 23.4 Å². The van der Waals surface area contributed by atoms with E-state index in [4.69, 9.17) is 22.1 Å². The van der Waals surface area contributed by atoms with Crippen molar-refractivity contribution < 1.29 is 0 Å². The lowest BCUT2D eigenvalue weighted by atomic mass is 9.99. The summed E-state index contributed by atoms with van der Waals surface area (Å²) in [5, 5.41) is 18.6. The standard InChI is InChI=1S/C19H15ClN2S/c1-13-7-14(2)17(9-16(13)8-15(10-21)11-22)12-23-19-5-3-18(20)4-6-19/h3-9H,12H2,1-2H3. The molecule has 0 aliphatic carbocycles. The molecule has 114 valence electrons. The summed E-state index contributed by atoms with van der Waals surface area (Å²) in [6.45, 7) is 4.06. The predicted molar refractivity (Wildman–Crippen MR) is 96.1 cm³/mol. The molecule has 0 saturated carbocycles. The molecule has 2 aromatic rings. The van der Waals surface area contributed by atoms with Gasteiger partial charge in [-0.3, -0.25) is 0 Å². The van der Waals surface area contributed by atoms with Crippen LogP contribution in [-0.4, -0.2) is 0 Å². The van der Waals surface area contributed by atoms with Crippen molar-refractivity contribution in [2.45, 2.75) is 24.5 Å². The van der Waals surface area contributed by atoms with E-state index < -0.39 is 0 Å². The number of hydrogen-bond acceptors (Lipinski definition) is 3. The first-order chi connectivity index (χ1) is 11.0. The van der Waals surface area contributed by atoms with Gasteiger partial charge in [0.05, 0.1) is 0 Å². The maximum Gasteiger partial charge on any atom is 0.130 e. The Labute approximate surface area is 146 Å². The molecule has 0 spiro atoms. The third-order valence-corrected chi connectivity index (χ3v) is 4.79. The summed E-state index contributed by atoms with van der Waals surface area (Å²) >= 11 is 7.63. The Balaban J connectivity index is 2.25. The second-order valence-corrected chi connectivity index (χ2v) is 6.64.